The smallest absolute Gasteiger partial charge is 0.0465 e. The van der Waals surface area contributed by atoms with E-state index in [4.69, 9.17) is 0 Å². The van der Waals surface area contributed by atoms with E-state index in [1.807, 2.05) is 49.5 Å². The largest absolute Gasteiger partial charge is 0.360 e. The molecule has 0 bridgehead atoms. The van der Waals surface area contributed by atoms with Gasteiger partial charge in [-0.05, 0) is 30.5 Å². The molecule has 102 valence electrons. The zero-order chi connectivity index (χ0) is 14.5. The van der Waals surface area contributed by atoms with Crippen molar-refractivity contribution in [1.82, 2.24) is 4.98 Å². The number of nitrogens with one attached hydrogen (secondary N) is 1. The van der Waals surface area contributed by atoms with Crippen molar-refractivity contribution in [3.8, 4) is 11.8 Å². The Morgan fingerprint density at radius 1 is 1.05 bits per heavy atom. The van der Waals surface area contributed by atoms with Gasteiger partial charge in [0.2, 0.25) is 0 Å². The van der Waals surface area contributed by atoms with Crippen LogP contribution in [0.5, 0.6) is 0 Å². The SMILES string of the molecule is C/C(C#Cc1ccccc1)=C\Sc1c[nH]c2ccccc12. The maximum Gasteiger partial charge on any atom is 0.0465 e. The van der Waals surface area contributed by atoms with Crippen LogP contribution in [0.1, 0.15) is 12.5 Å². The molecule has 1 aromatic heterocycles. The van der Waals surface area contributed by atoms with Crippen molar-refractivity contribution in [2.75, 3.05) is 0 Å². The average Bonchev–Trinajstić information content (AvgIpc) is 2.95. The van der Waals surface area contributed by atoms with Crippen molar-refractivity contribution in [2.24, 2.45) is 0 Å². The van der Waals surface area contributed by atoms with E-state index in [-0.39, 0.29) is 0 Å². The quantitative estimate of drug-likeness (QED) is 0.505. The van der Waals surface area contributed by atoms with Gasteiger partial charge in [0, 0.05) is 33.1 Å². The Morgan fingerprint density at radius 2 is 1.81 bits per heavy atom. The van der Waals surface area contributed by atoms with E-state index in [1.54, 1.807) is 11.8 Å². The molecule has 0 atom stereocenters. The normalized spacial score (nSPS) is 11.2. The number of hydrogen-bond donors (Lipinski definition) is 1. The maximum absolute atomic E-state index is 3.28. The van der Waals surface area contributed by atoms with Gasteiger partial charge in [0.15, 0.2) is 0 Å². The van der Waals surface area contributed by atoms with Crippen LogP contribution in [0, 0.1) is 11.8 Å². The molecule has 1 nitrogen and oxygen atoms in total. The van der Waals surface area contributed by atoms with Crippen molar-refractivity contribution < 1.29 is 0 Å². The molecule has 3 rings (SSSR count). The molecule has 0 spiro atoms. The summed E-state index contributed by atoms with van der Waals surface area (Å²) in [6, 6.07) is 18.4. The van der Waals surface area contributed by atoms with Crippen LogP contribution in [0.15, 0.2) is 76.7 Å². The molecule has 0 saturated carbocycles. The van der Waals surface area contributed by atoms with E-state index in [1.165, 1.54) is 15.8 Å². The molecule has 0 aliphatic heterocycles. The molecule has 0 aliphatic carbocycles. The number of rotatable bonds is 2. The third kappa shape index (κ3) is 3.39. The molecule has 2 heteroatoms. The van der Waals surface area contributed by atoms with Crippen LogP contribution in [-0.4, -0.2) is 4.98 Å². The molecular weight excluding hydrogens is 274 g/mol. The van der Waals surface area contributed by atoms with Crippen LogP contribution >= 0.6 is 11.8 Å². The minimum absolute atomic E-state index is 1.04. The predicted molar refractivity (Wildman–Crippen MR) is 91.2 cm³/mol. The summed E-state index contributed by atoms with van der Waals surface area (Å²) < 4.78 is 0. The lowest BCUT2D eigenvalue weighted by Crippen LogP contribution is -1.72. The summed E-state index contributed by atoms with van der Waals surface area (Å²) in [5.41, 5.74) is 3.28. The summed E-state index contributed by atoms with van der Waals surface area (Å²) in [6.07, 6.45) is 2.05. The third-order valence-corrected chi connectivity index (χ3v) is 4.15. The van der Waals surface area contributed by atoms with Crippen molar-refractivity contribution in [3.63, 3.8) is 0 Å². The van der Waals surface area contributed by atoms with Gasteiger partial charge in [-0.2, -0.15) is 0 Å². The van der Waals surface area contributed by atoms with Crippen LogP contribution in [-0.2, 0) is 0 Å². The lowest BCUT2D eigenvalue weighted by atomic mass is 10.2. The highest BCUT2D eigenvalue weighted by atomic mass is 32.2. The van der Waals surface area contributed by atoms with E-state index in [9.17, 15) is 0 Å². The number of fused-ring (bicyclic) bond motifs is 1. The first-order valence-electron chi connectivity index (χ1n) is 6.79. The highest BCUT2D eigenvalue weighted by Crippen LogP contribution is 2.28. The van der Waals surface area contributed by atoms with Gasteiger partial charge in [-0.15, -0.1) is 0 Å². The fourth-order valence-electron chi connectivity index (χ4n) is 2.02. The highest BCUT2D eigenvalue weighted by Gasteiger charge is 2.01. The molecule has 21 heavy (non-hydrogen) atoms. The van der Waals surface area contributed by atoms with Gasteiger partial charge in [0.25, 0.3) is 0 Å². The number of thioether (sulfide) groups is 1. The molecule has 3 aromatic rings. The molecule has 0 saturated heterocycles. The second-order valence-electron chi connectivity index (χ2n) is 4.73. The first-order valence-corrected chi connectivity index (χ1v) is 7.67. The maximum atomic E-state index is 3.28. The van der Waals surface area contributed by atoms with Gasteiger partial charge >= 0.3 is 0 Å². The Labute approximate surface area is 129 Å². The monoisotopic (exact) mass is 289 g/mol. The first-order chi connectivity index (χ1) is 10.3. The van der Waals surface area contributed by atoms with E-state index in [0.29, 0.717) is 0 Å². The fourth-order valence-corrected chi connectivity index (χ4v) is 2.81. The van der Waals surface area contributed by atoms with Gasteiger partial charge in [-0.1, -0.05) is 60.0 Å². The Hall–Kier alpha value is -2.37. The van der Waals surface area contributed by atoms with Gasteiger partial charge in [-0.3, -0.25) is 0 Å². The number of H-pyrrole nitrogens is 1. The van der Waals surface area contributed by atoms with Gasteiger partial charge in [0.1, 0.15) is 0 Å². The van der Waals surface area contributed by atoms with Crippen molar-refractivity contribution in [3.05, 3.63) is 77.3 Å². The van der Waals surface area contributed by atoms with E-state index in [2.05, 4.69) is 40.4 Å². The summed E-state index contributed by atoms with van der Waals surface area (Å²) in [7, 11) is 0. The van der Waals surface area contributed by atoms with Gasteiger partial charge in [0.05, 0.1) is 0 Å². The standard InChI is InChI=1S/C19H15NS/c1-15(11-12-16-7-3-2-4-8-16)14-21-19-13-20-18-10-6-5-9-17(18)19/h2-10,13-14,20H,1H3/b15-14+. The molecule has 1 heterocycles. The van der Waals surface area contributed by atoms with E-state index in [0.717, 1.165) is 11.1 Å². The molecule has 1 N–H and O–H groups in total. The van der Waals surface area contributed by atoms with E-state index < -0.39 is 0 Å². The van der Waals surface area contributed by atoms with Gasteiger partial charge < -0.3 is 4.98 Å². The Kier molecular flexibility index (Phi) is 4.14. The Bertz CT molecular complexity index is 832. The topological polar surface area (TPSA) is 15.8 Å². The lowest BCUT2D eigenvalue weighted by molar-refractivity contribution is 1.42. The number of para-hydroxylation sites is 1. The first kappa shape index (κ1) is 13.6. The molecule has 0 radical (unpaired) electrons. The van der Waals surface area contributed by atoms with Crippen LogP contribution in [0.4, 0.5) is 0 Å². The van der Waals surface area contributed by atoms with Crippen LogP contribution in [0.25, 0.3) is 10.9 Å². The lowest BCUT2D eigenvalue weighted by Gasteiger charge is -1.94. The summed E-state index contributed by atoms with van der Waals surface area (Å²) >= 11 is 1.70. The second-order valence-corrected chi connectivity index (χ2v) is 5.64. The summed E-state index contributed by atoms with van der Waals surface area (Å²) in [5.74, 6) is 6.36. The number of hydrogen-bond acceptors (Lipinski definition) is 1. The third-order valence-electron chi connectivity index (χ3n) is 3.09. The van der Waals surface area contributed by atoms with Crippen LogP contribution in [0.3, 0.4) is 0 Å². The number of aromatic amines is 1. The van der Waals surface area contributed by atoms with Crippen LogP contribution < -0.4 is 0 Å². The minimum Gasteiger partial charge on any atom is -0.360 e. The second kappa shape index (κ2) is 6.39. The summed E-state index contributed by atoms with van der Waals surface area (Å²) in [4.78, 5) is 4.51. The van der Waals surface area contributed by atoms with Crippen molar-refractivity contribution in [2.45, 2.75) is 11.8 Å². The number of aromatic nitrogens is 1. The summed E-state index contributed by atoms with van der Waals surface area (Å²) in [5, 5.41) is 3.36. The predicted octanol–water partition coefficient (Wildman–Crippen LogP) is 5.22. The number of benzene rings is 2. The zero-order valence-corrected chi connectivity index (χ0v) is 12.6. The zero-order valence-electron chi connectivity index (χ0n) is 11.8. The molecule has 0 amide bonds. The molecular formula is C19H15NS. The van der Waals surface area contributed by atoms with Gasteiger partial charge in [-0.25, -0.2) is 0 Å². The highest BCUT2D eigenvalue weighted by molar-refractivity contribution is 8.02. The van der Waals surface area contributed by atoms with Crippen LogP contribution in [0.2, 0.25) is 0 Å². The van der Waals surface area contributed by atoms with Crippen molar-refractivity contribution in [1.29, 1.82) is 0 Å². The molecule has 0 aliphatic rings. The average molecular weight is 289 g/mol. The Balaban J connectivity index is 1.75. The fraction of sp³-hybridized carbons (Fsp3) is 0.0526. The summed E-state index contributed by atoms with van der Waals surface area (Å²) in [6.45, 7) is 2.04. The number of allylic oxidation sites excluding steroid dienone is 1. The molecule has 2 aromatic carbocycles. The Morgan fingerprint density at radius 3 is 2.67 bits per heavy atom. The van der Waals surface area contributed by atoms with E-state index >= 15 is 0 Å². The minimum atomic E-state index is 1.04. The van der Waals surface area contributed by atoms with Crippen molar-refractivity contribution >= 4 is 22.7 Å². The molecule has 0 unspecified atom stereocenters. The molecule has 0 fully saturated rings.